The van der Waals surface area contributed by atoms with E-state index in [9.17, 15) is 0 Å². The molecule has 16 heavy (non-hydrogen) atoms. The van der Waals surface area contributed by atoms with E-state index in [1.807, 2.05) is 12.1 Å². The van der Waals surface area contributed by atoms with Gasteiger partial charge >= 0.3 is 0 Å². The van der Waals surface area contributed by atoms with Crippen molar-refractivity contribution in [3.63, 3.8) is 0 Å². The molecule has 0 amide bonds. The molecule has 0 bridgehead atoms. The summed E-state index contributed by atoms with van der Waals surface area (Å²) < 4.78 is 5.95. The molecular formula is C14H23NO. The van der Waals surface area contributed by atoms with Gasteiger partial charge in [0.25, 0.3) is 0 Å². The Balaban J connectivity index is 2.78. The van der Waals surface area contributed by atoms with Gasteiger partial charge in [-0.1, -0.05) is 39.8 Å². The normalized spacial score (nSPS) is 13.6. The maximum absolute atomic E-state index is 5.95. The third kappa shape index (κ3) is 3.53. The van der Waals surface area contributed by atoms with Crippen LogP contribution in [0, 0.1) is 5.41 Å². The molecule has 1 atom stereocenters. The van der Waals surface area contributed by atoms with Crippen LogP contribution in [0.3, 0.4) is 0 Å². The number of ether oxygens (including phenoxy) is 1. The Bertz CT molecular complexity index is 328. The second kappa shape index (κ2) is 5.35. The fourth-order valence-electron chi connectivity index (χ4n) is 1.58. The molecule has 0 heterocycles. The van der Waals surface area contributed by atoms with Crippen LogP contribution in [0.25, 0.3) is 0 Å². The highest BCUT2D eigenvalue weighted by atomic mass is 16.5. The summed E-state index contributed by atoms with van der Waals surface area (Å²) in [6, 6.07) is 8.23. The van der Waals surface area contributed by atoms with Gasteiger partial charge in [0, 0.05) is 12.0 Å². The first-order valence-electron chi connectivity index (χ1n) is 5.93. The predicted molar refractivity (Wildman–Crippen MR) is 68.7 cm³/mol. The van der Waals surface area contributed by atoms with Crippen LogP contribution < -0.4 is 10.5 Å². The van der Waals surface area contributed by atoms with Crippen LogP contribution >= 0.6 is 0 Å². The van der Waals surface area contributed by atoms with Crippen LogP contribution in [0.2, 0.25) is 0 Å². The van der Waals surface area contributed by atoms with Gasteiger partial charge in [0.1, 0.15) is 11.9 Å². The molecule has 1 unspecified atom stereocenters. The number of hydrogen-bond donors (Lipinski definition) is 1. The van der Waals surface area contributed by atoms with E-state index in [2.05, 4.69) is 39.8 Å². The first kappa shape index (κ1) is 13.0. The average molecular weight is 221 g/mol. The highest BCUT2D eigenvalue weighted by molar-refractivity contribution is 5.28. The molecule has 0 saturated heterocycles. The van der Waals surface area contributed by atoms with Crippen molar-refractivity contribution in [2.24, 2.45) is 11.1 Å². The summed E-state index contributed by atoms with van der Waals surface area (Å²) >= 11 is 0. The van der Waals surface area contributed by atoms with Gasteiger partial charge in [-0.3, -0.25) is 0 Å². The predicted octanol–water partition coefficient (Wildman–Crippen LogP) is 3.00. The molecule has 2 nitrogen and oxygen atoms in total. The highest BCUT2D eigenvalue weighted by Crippen LogP contribution is 2.24. The van der Waals surface area contributed by atoms with E-state index >= 15 is 0 Å². The Hall–Kier alpha value is -1.02. The second-order valence-corrected chi connectivity index (χ2v) is 5.21. The topological polar surface area (TPSA) is 35.2 Å². The Kier molecular flexibility index (Phi) is 4.36. The Morgan fingerprint density at radius 3 is 2.50 bits per heavy atom. The van der Waals surface area contributed by atoms with E-state index in [0.29, 0.717) is 6.54 Å². The van der Waals surface area contributed by atoms with Gasteiger partial charge < -0.3 is 10.5 Å². The van der Waals surface area contributed by atoms with Gasteiger partial charge in [-0.25, -0.2) is 0 Å². The van der Waals surface area contributed by atoms with Crippen molar-refractivity contribution in [1.29, 1.82) is 0 Å². The summed E-state index contributed by atoms with van der Waals surface area (Å²) in [7, 11) is 0. The number of benzene rings is 1. The molecule has 1 aromatic carbocycles. The molecule has 1 rings (SSSR count). The van der Waals surface area contributed by atoms with E-state index in [0.717, 1.165) is 12.2 Å². The summed E-state index contributed by atoms with van der Waals surface area (Å²) in [5, 5.41) is 0. The minimum Gasteiger partial charge on any atom is -0.489 e. The van der Waals surface area contributed by atoms with Crippen LogP contribution in [0.5, 0.6) is 5.75 Å². The largest absolute Gasteiger partial charge is 0.489 e. The molecule has 0 saturated carbocycles. The molecule has 90 valence electrons. The van der Waals surface area contributed by atoms with E-state index in [1.54, 1.807) is 0 Å². The van der Waals surface area contributed by atoms with Crippen molar-refractivity contribution in [3.8, 4) is 5.75 Å². The SMILES string of the molecule is CCc1cccc(OC(CN)C(C)(C)C)c1. The van der Waals surface area contributed by atoms with E-state index in [-0.39, 0.29) is 11.5 Å². The van der Waals surface area contributed by atoms with Gasteiger partial charge in [-0.2, -0.15) is 0 Å². The molecule has 0 radical (unpaired) electrons. The quantitative estimate of drug-likeness (QED) is 0.848. The Labute approximate surface area is 98.8 Å². The van der Waals surface area contributed by atoms with Crippen molar-refractivity contribution in [2.75, 3.05) is 6.54 Å². The zero-order valence-electron chi connectivity index (χ0n) is 10.8. The lowest BCUT2D eigenvalue weighted by Crippen LogP contribution is -2.38. The number of nitrogens with two attached hydrogens (primary N) is 1. The van der Waals surface area contributed by atoms with Gasteiger partial charge in [-0.05, 0) is 24.1 Å². The molecule has 2 heteroatoms. The number of hydrogen-bond acceptors (Lipinski definition) is 2. The smallest absolute Gasteiger partial charge is 0.120 e. The maximum Gasteiger partial charge on any atom is 0.120 e. The lowest BCUT2D eigenvalue weighted by atomic mass is 9.89. The summed E-state index contributed by atoms with van der Waals surface area (Å²) in [5.74, 6) is 0.921. The Morgan fingerprint density at radius 1 is 1.31 bits per heavy atom. The molecular weight excluding hydrogens is 198 g/mol. The molecule has 0 aliphatic rings. The first-order chi connectivity index (χ1) is 7.47. The fourth-order valence-corrected chi connectivity index (χ4v) is 1.58. The maximum atomic E-state index is 5.95. The molecule has 1 aromatic rings. The second-order valence-electron chi connectivity index (χ2n) is 5.21. The van der Waals surface area contributed by atoms with Crippen LogP contribution in [-0.4, -0.2) is 12.6 Å². The third-order valence-corrected chi connectivity index (χ3v) is 2.77. The molecule has 2 N–H and O–H groups in total. The molecule has 0 aromatic heterocycles. The van der Waals surface area contributed by atoms with Gasteiger partial charge in [0.2, 0.25) is 0 Å². The third-order valence-electron chi connectivity index (χ3n) is 2.77. The van der Waals surface area contributed by atoms with Crippen molar-refractivity contribution < 1.29 is 4.74 Å². The number of aryl methyl sites for hydroxylation is 1. The van der Waals surface area contributed by atoms with Crippen LogP contribution in [-0.2, 0) is 6.42 Å². The fraction of sp³-hybridized carbons (Fsp3) is 0.571. The number of rotatable bonds is 4. The van der Waals surface area contributed by atoms with Crippen molar-refractivity contribution in [2.45, 2.75) is 40.2 Å². The molecule has 0 aliphatic heterocycles. The molecule has 0 fully saturated rings. The molecule has 0 spiro atoms. The van der Waals surface area contributed by atoms with Crippen LogP contribution in [0.15, 0.2) is 24.3 Å². The van der Waals surface area contributed by atoms with Crippen LogP contribution in [0.4, 0.5) is 0 Å². The van der Waals surface area contributed by atoms with E-state index in [4.69, 9.17) is 10.5 Å². The van der Waals surface area contributed by atoms with Gasteiger partial charge in [0.05, 0.1) is 0 Å². The Morgan fingerprint density at radius 2 is 2.00 bits per heavy atom. The highest BCUT2D eigenvalue weighted by Gasteiger charge is 2.25. The van der Waals surface area contributed by atoms with Gasteiger partial charge in [-0.15, -0.1) is 0 Å². The first-order valence-corrected chi connectivity index (χ1v) is 5.93. The zero-order valence-corrected chi connectivity index (χ0v) is 10.8. The van der Waals surface area contributed by atoms with Gasteiger partial charge in [0.15, 0.2) is 0 Å². The zero-order chi connectivity index (χ0) is 12.2. The minimum atomic E-state index is 0.0552. The molecule has 0 aliphatic carbocycles. The summed E-state index contributed by atoms with van der Waals surface area (Å²) in [4.78, 5) is 0. The van der Waals surface area contributed by atoms with Crippen LogP contribution in [0.1, 0.15) is 33.3 Å². The minimum absolute atomic E-state index is 0.0552. The summed E-state index contributed by atoms with van der Waals surface area (Å²) in [6.45, 7) is 9.12. The summed E-state index contributed by atoms with van der Waals surface area (Å²) in [6.07, 6.45) is 1.08. The van der Waals surface area contributed by atoms with Crippen molar-refractivity contribution >= 4 is 0 Å². The average Bonchev–Trinajstić information content (AvgIpc) is 2.24. The lowest BCUT2D eigenvalue weighted by Gasteiger charge is -2.30. The van der Waals surface area contributed by atoms with Crippen molar-refractivity contribution in [1.82, 2.24) is 0 Å². The monoisotopic (exact) mass is 221 g/mol. The standard InChI is InChI=1S/C14H23NO/c1-5-11-7-6-8-12(9-11)16-13(10-15)14(2,3)4/h6-9,13H,5,10,15H2,1-4H3. The van der Waals surface area contributed by atoms with E-state index in [1.165, 1.54) is 5.56 Å². The summed E-state index contributed by atoms with van der Waals surface area (Å²) in [5.41, 5.74) is 7.11. The lowest BCUT2D eigenvalue weighted by molar-refractivity contribution is 0.0941. The van der Waals surface area contributed by atoms with E-state index < -0.39 is 0 Å². The van der Waals surface area contributed by atoms with Crippen molar-refractivity contribution in [3.05, 3.63) is 29.8 Å².